The Labute approximate surface area is 117 Å². The Bertz CT molecular complexity index is 211. The first kappa shape index (κ1) is 15.3. The van der Waals surface area contributed by atoms with Crippen LogP contribution in [-0.4, -0.2) is 22.7 Å². The van der Waals surface area contributed by atoms with Gasteiger partial charge in [0.1, 0.15) is 12.5 Å². The summed E-state index contributed by atoms with van der Waals surface area (Å²) in [6, 6.07) is 0. The van der Waals surface area contributed by atoms with E-state index in [0.29, 0.717) is 11.8 Å². The van der Waals surface area contributed by atoms with Gasteiger partial charge in [-0.05, 0) is 24.7 Å². The summed E-state index contributed by atoms with van der Waals surface area (Å²) in [4.78, 5) is 0. The molecular weight excluding hydrogens is 238 g/mol. The number of aliphatic hydroxyl groups excluding tert-OH is 2. The van der Waals surface area contributed by atoms with Crippen molar-refractivity contribution in [3.63, 3.8) is 0 Å². The van der Waals surface area contributed by atoms with E-state index in [9.17, 15) is 10.2 Å². The molecule has 3 heteroatoms. The molecule has 0 radical (unpaired) electrons. The Hall–Kier alpha value is -0.120. The van der Waals surface area contributed by atoms with Gasteiger partial charge in [-0.25, -0.2) is 0 Å². The van der Waals surface area contributed by atoms with E-state index in [2.05, 4.69) is 5.32 Å². The van der Waals surface area contributed by atoms with Gasteiger partial charge in [0.05, 0.1) is 0 Å². The lowest BCUT2D eigenvalue weighted by molar-refractivity contribution is 0.0117. The zero-order valence-corrected chi connectivity index (χ0v) is 12.2. The van der Waals surface area contributed by atoms with Gasteiger partial charge in [-0.2, -0.15) is 0 Å². The summed E-state index contributed by atoms with van der Waals surface area (Å²) in [7, 11) is 0. The zero-order valence-electron chi connectivity index (χ0n) is 12.2. The molecule has 3 N–H and O–H groups in total. The highest BCUT2D eigenvalue weighted by molar-refractivity contribution is 4.72. The fourth-order valence-corrected chi connectivity index (χ4v) is 3.84. The van der Waals surface area contributed by atoms with E-state index in [1.54, 1.807) is 0 Å². The van der Waals surface area contributed by atoms with Gasteiger partial charge in [0.2, 0.25) is 0 Å². The van der Waals surface area contributed by atoms with Gasteiger partial charge in [0, 0.05) is 0 Å². The molecule has 2 saturated carbocycles. The van der Waals surface area contributed by atoms with Gasteiger partial charge in [-0.1, -0.05) is 64.2 Å². The number of aliphatic hydroxyl groups is 2. The maximum absolute atomic E-state index is 10.0. The fraction of sp³-hybridized carbons (Fsp3) is 1.00. The summed E-state index contributed by atoms with van der Waals surface area (Å²) in [5.41, 5.74) is 0. The van der Waals surface area contributed by atoms with E-state index in [1.165, 1.54) is 64.2 Å². The number of rotatable bonds is 6. The predicted octanol–water partition coefficient (Wildman–Crippen LogP) is 3.15. The lowest BCUT2D eigenvalue weighted by atomic mass is 9.86. The molecule has 2 rings (SSSR count). The van der Waals surface area contributed by atoms with Crippen molar-refractivity contribution in [2.24, 2.45) is 11.8 Å². The van der Waals surface area contributed by atoms with Crippen molar-refractivity contribution in [2.75, 3.05) is 0 Å². The second-order valence-corrected chi connectivity index (χ2v) is 6.68. The third-order valence-corrected chi connectivity index (χ3v) is 4.95. The number of nitrogens with one attached hydrogen (secondary N) is 1. The molecule has 0 aromatic heterocycles. The summed E-state index contributed by atoms with van der Waals surface area (Å²) in [6.45, 7) is 0. The maximum Gasteiger partial charge on any atom is 0.107 e. The van der Waals surface area contributed by atoms with Crippen LogP contribution in [0.15, 0.2) is 0 Å². The first-order valence-corrected chi connectivity index (χ1v) is 8.36. The summed E-state index contributed by atoms with van der Waals surface area (Å²) >= 11 is 0. The molecule has 2 atom stereocenters. The standard InChI is InChI=1S/C16H31NO2/c18-15(11-13-7-3-1-4-8-13)17-16(19)12-14-9-5-2-6-10-14/h13-19H,1-12H2. The Kier molecular flexibility index (Phi) is 6.62. The average Bonchev–Trinajstić information content (AvgIpc) is 2.40. The molecule has 0 saturated heterocycles. The van der Waals surface area contributed by atoms with Crippen LogP contribution in [0.2, 0.25) is 0 Å². The van der Waals surface area contributed by atoms with Crippen LogP contribution in [-0.2, 0) is 0 Å². The van der Waals surface area contributed by atoms with Crippen LogP contribution in [0.1, 0.15) is 77.0 Å². The Morgan fingerprint density at radius 1 is 0.684 bits per heavy atom. The minimum Gasteiger partial charge on any atom is -0.379 e. The lowest BCUT2D eigenvalue weighted by Gasteiger charge is -2.28. The quantitative estimate of drug-likeness (QED) is 0.649. The minimum absolute atomic E-state index is 0.526. The van der Waals surface area contributed by atoms with Crippen LogP contribution < -0.4 is 5.32 Å². The highest BCUT2D eigenvalue weighted by atomic mass is 16.3. The fourth-order valence-electron chi connectivity index (χ4n) is 3.84. The van der Waals surface area contributed by atoms with Crippen molar-refractivity contribution in [3.05, 3.63) is 0 Å². The van der Waals surface area contributed by atoms with Crippen molar-refractivity contribution in [2.45, 2.75) is 89.5 Å². The van der Waals surface area contributed by atoms with Gasteiger partial charge in [-0.15, -0.1) is 0 Å². The monoisotopic (exact) mass is 269 g/mol. The van der Waals surface area contributed by atoms with Crippen molar-refractivity contribution in [3.8, 4) is 0 Å². The molecule has 0 amide bonds. The molecule has 2 fully saturated rings. The van der Waals surface area contributed by atoms with Gasteiger partial charge < -0.3 is 10.2 Å². The van der Waals surface area contributed by atoms with E-state index in [4.69, 9.17) is 0 Å². The van der Waals surface area contributed by atoms with Crippen LogP contribution in [0.4, 0.5) is 0 Å². The zero-order chi connectivity index (χ0) is 13.5. The number of hydrogen-bond donors (Lipinski definition) is 3. The molecule has 0 aromatic carbocycles. The molecule has 3 nitrogen and oxygen atoms in total. The normalized spacial score (nSPS) is 26.2. The first-order valence-electron chi connectivity index (χ1n) is 8.36. The topological polar surface area (TPSA) is 52.5 Å². The summed E-state index contributed by atoms with van der Waals surface area (Å²) in [5, 5.41) is 23.0. The van der Waals surface area contributed by atoms with E-state index >= 15 is 0 Å². The van der Waals surface area contributed by atoms with Gasteiger partial charge in [-0.3, -0.25) is 5.32 Å². The molecule has 2 aliphatic rings. The molecule has 0 aliphatic heterocycles. The maximum atomic E-state index is 10.0. The SMILES string of the molecule is OC(CC1CCCCC1)NC(O)CC1CCCCC1. The van der Waals surface area contributed by atoms with E-state index < -0.39 is 12.5 Å². The van der Waals surface area contributed by atoms with Crippen molar-refractivity contribution in [1.29, 1.82) is 0 Å². The van der Waals surface area contributed by atoms with E-state index in [-0.39, 0.29) is 0 Å². The average molecular weight is 269 g/mol. The molecular formula is C16H31NO2. The summed E-state index contributed by atoms with van der Waals surface area (Å²) in [5.74, 6) is 1.30. The molecule has 0 heterocycles. The van der Waals surface area contributed by atoms with Crippen molar-refractivity contribution >= 4 is 0 Å². The molecule has 0 spiro atoms. The molecule has 19 heavy (non-hydrogen) atoms. The van der Waals surface area contributed by atoms with E-state index in [1.807, 2.05) is 0 Å². The van der Waals surface area contributed by atoms with Crippen LogP contribution in [0, 0.1) is 11.8 Å². The highest BCUT2D eigenvalue weighted by Gasteiger charge is 2.21. The summed E-state index contributed by atoms with van der Waals surface area (Å²) < 4.78 is 0. The predicted molar refractivity (Wildman–Crippen MR) is 77.5 cm³/mol. The van der Waals surface area contributed by atoms with Crippen LogP contribution in [0.25, 0.3) is 0 Å². The smallest absolute Gasteiger partial charge is 0.107 e. The Morgan fingerprint density at radius 3 is 1.42 bits per heavy atom. The minimum atomic E-state index is -0.526. The third kappa shape index (κ3) is 5.80. The Balaban J connectivity index is 1.61. The molecule has 2 unspecified atom stereocenters. The molecule has 2 aliphatic carbocycles. The second kappa shape index (κ2) is 8.23. The first-order chi connectivity index (χ1) is 9.24. The molecule has 0 bridgehead atoms. The third-order valence-electron chi connectivity index (χ3n) is 4.95. The largest absolute Gasteiger partial charge is 0.379 e. The van der Waals surface area contributed by atoms with Gasteiger partial charge in [0.25, 0.3) is 0 Å². The molecule has 112 valence electrons. The van der Waals surface area contributed by atoms with Gasteiger partial charge >= 0.3 is 0 Å². The summed E-state index contributed by atoms with van der Waals surface area (Å²) in [6.07, 6.45) is 13.5. The second-order valence-electron chi connectivity index (χ2n) is 6.68. The van der Waals surface area contributed by atoms with Crippen molar-refractivity contribution in [1.82, 2.24) is 5.32 Å². The Morgan fingerprint density at radius 2 is 1.05 bits per heavy atom. The van der Waals surface area contributed by atoms with Gasteiger partial charge in [0.15, 0.2) is 0 Å². The van der Waals surface area contributed by atoms with Crippen LogP contribution in [0.5, 0.6) is 0 Å². The van der Waals surface area contributed by atoms with Crippen LogP contribution in [0.3, 0.4) is 0 Å². The highest BCUT2D eigenvalue weighted by Crippen LogP contribution is 2.28. The van der Waals surface area contributed by atoms with Crippen LogP contribution >= 0.6 is 0 Å². The van der Waals surface area contributed by atoms with E-state index in [0.717, 1.165) is 12.8 Å². The lowest BCUT2D eigenvalue weighted by Crippen LogP contribution is -2.40. The van der Waals surface area contributed by atoms with Crippen molar-refractivity contribution < 1.29 is 10.2 Å². The number of hydrogen-bond acceptors (Lipinski definition) is 3. The molecule has 0 aromatic rings.